The lowest BCUT2D eigenvalue weighted by atomic mass is 10.0. The largest absolute Gasteiger partial charge is 0.475 e. The van der Waals surface area contributed by atoms with E-state index in [4.69, 9.17) is 10.00 Å². The van der Waals surface area contributed by atoms with E-state index in [1.165, 1.54) is 0 Å². The van der Waals surface area contributed by atoms with Gasteiger partial charge in [0.15, 0.2) is 6.10 Å². The maximum absolute atomic E-state index is 9.51. The van der Waals surface area contributed by atoms with Gasteiger partial charge >= 0.3 is 0 Å². The topological polar surface area (TPSA) is 53.2 Å². The monoisotopic (exact) mass is 241 g/mol. The minimum atomic E-state index is -0.475. The molecular formula is C15H15NO2. The van der Waals surface area contributed by atoms with E-state index in [-0.39, 0.29) is 6.61 Å². The molecule has 0 spiro atoms. The smallest absolute Gasteiger partial charge is 0.184 e. The molecule has 0 saturated carbocycles. The summed E-state index contributed by atoms with van der Waals surface area (Å²) in [7, 11) is 0. The fourth-order valence-electron chi connectivity index (χ4n) is 1.94. The van der Waals surface area contributed by atoms with Crippen LogP contribution in [0.2, 0.25) is 0 Å². The molecule has 0 fully saturated rings. The number of nitrogens with zero attached hydrogens (tertiary/aromatic N) is 1. The molecule has 2 aromatic carbocycles. The zero-order chi connectivity index (χ0) is 13.0. The van der Waals surface area contributed by atoms with Gasteiger partial charge in [0.05, 0.1) is 6.61 Å². The molecule has 1 N–H and O–H groups in total. The molecule has 3 heteroatoms. The van der Waals surface area contributed by atoms with Crippen LogP contribution in [0, 0.1) is 11.3 Å². The summed E-state index contributed by atoms with van der Waals surface area (Å²) in [5.74, 6) is 0.588. The van der Waals surface area contributed by atoms with E-state index < -0.39 is 6.10 Å². The van der Waals surface area contributed by atoms with Gasteiger partial charge in [-0.1, -0.05) is 37.3 Å². The molecule has 2 aromatic rings. The average molecular weight is 241 g/mol. The molecule has 0 aliphatic rings. The number of hydrogen-bond acceptors (Lipinski definition) is 3. The summed E-state index contributed by atoms with van der Waals surface area (Å²) in [5.41, 5.74) is 0.738. The first kappa shape index (κ1) is 12.4. The van der Waals surface area contributed by atoms with Crippen molar-refractivity contribution in [2.45, 2.75) is 26.1 Å². The van der Waals surface area contributed by atoms with Crippen LogP contribution in [0.1, 0.15) is 18.9 Å². The number of fused-ring (bicyclic) bond motifs is 1. The van der Waals surface area contributed by atoms with Crippen LogP contribution >= 0.6 is 0 Å². The van der Waals surface area contributed by atoms with Crippen LogP contribution < -0.4 is 4.74 Å². The average Bonchev–Trinajstić information content (AvgIpc) is 2.44. The van der Waals surface area contributed by atoms with Crippen molar-refractivity contribution in [1.82, 2.24) is 0 Å². The first-order valence-corrected chi connectivity index (χ1v) is 5.98. The Bertz CT molecular complexity index is 587. The maximum Gasteiger partial charge on any atom is 0.184 e. The van der Waals surface area contributed by atoms with Crippen LogP contribution in [-0.2, 0) is 6.61 Å². The number of aliphatic hydroxyl groups is 1. The molecule has 0 heterocycles. The molecule has 0 radical (unpaired) electrons. The maximum atomic E-state index is 9.51. The SMILES string of the molecule is CCC(C#N)Oc1ccc2ccccc2c1CO. The Morgan fingerprint density at radius 2 is 2.06 bits per heavy atom. The Labute approximate surface area is 106 Å². The van der Waals surface area contributed by atoms with Gasteiger partial charge in [-0.15, -0.1) is 0 Å². The molecule has 2 rings (SSSR count). The van der Waals surface area contributed by atoms with Gasteiger partial charge in [-0.3, -0.25) is 0 Å². The van der Waals surface area contributed by atoms with Crippen LogP contribution in [-0.4, -0.2) is 11.2 Å². The predicted octanol–water partition coefficient (Wildman–Crippen LogP) is 3.01. The minimum Gasteiger partial charge on any atom is -0.475 e. The number of hydrogen-bond donors (Lipinski definition) is 1. The van der Waals surface area contributed by atoms with E-state index in [1.807, 2.05) is 43.3 Å². The quantitative estimate of drug-likeness (QED) is 0.895. The van der Waals surface area contributed by atoms with Gasteiger partial charge in [-0.2, -0.15) is 5.26 Å². The number of rotatable bonds is 4. The third-order valence-corrected chi connectivity index (χ3v) is 2.94. The second-order valence-corrected chi connectivity index (χ2v) is 4.07. The fourth-order valence-corrected chi connectivity index (χ4v) is 1.94. The molecule has 0 bridgehead atoms. The van der Waals surface area contributed by atoms with Crippen molar-refractivity contribution in [2.24, 2.45) is 0 Å². The lowest BCUT2D eigenvalue weighted by Gasteiger charge is -2.15. The van der Waals surface area contributed by atoms with Crippen LogP contribution in [0.15, 0.2) is 36.4 Å². The van der Waals surface area contributed by atoms with Crippen molar-refractivity contribution < 1.29 is 9.84 Å². The Morgan fingerprint density at radius 1 is 1.28 bits per heavy atom. The third kappa shape index (κ3) is 2.29. The lowest BCUT2D eigenvalue weighted by Crippen LogP contribution is -2.13. The summed E-state index contributed by atoms with van der Waals surface area (Å²) in [5, 5.41) is 20.5. The molecule has 0 amide bonds. The van der Waals surface area contributed by atoms with E-state index in [2.05, 4.69) is 6.07 Å². The van der Waals surface area contributed by atoms with Gasteiger partial charge in [-0.25, -0.2) is 0 Å². The normalized spacial score (nSPS) is 12.1. The highest BCUT2D eigenvalue weighted by Crippen LogP contribution is 2.29. The summed E-state index contributed by atoms with van der Waals surface area (Å²) >= 11 is 0. The van der Waals surface area contributed by atoms with Crippen molar-refractivity contribution >= 4 is 10.8 Å². The first-order chi connectivity index (χ1) is 8.80. The summed E-state index contributed by atoms with van der Waals surface area (Å²) < 4.78 is 5.62. The van der Waals surface area contributed by atoms with Crippen LogP contribution in [0.4, 0.5) is 0 Å². The van der Waals surface area contributed by atoms with E-state index in [9.17, 15) is 5.11 Å². The van der Waals surface area contributed by atoms with Crippen molar-refractivity contribution in [1.29, 1.82) is 5.26 Å². The van der Waals surface area contributed by atoms with E-state index in [0.29, 0.717) is 12.2 Å². The highest BCUT2D eigenvalue weighted by molar-refractivity contribution is 5.87. The Morgan fingerprint density at radius 3 is 2.72 bits per heavy atom. The van der Waals surface area contributed by atoms with Gasteiger partial charge < -0.3 is 9.84 Å². The minimum absolute atomic E-state index is 0.0987. The van der Waals surface area contributed by atoms with Gasteiger partial charge in [0.2, 0.25) is 0 Å². The fraction of sp³-hybridized carbons (Fsp3) is 0.267. The van der Waals surface area contributed by atoms with Gasteiger partial charge in [-0.05, 0) is 23.3 Å². The van der Waals surface area contributed by atoms with Crippen LogP contribution in [0.25, 0.3) is 10.8 Å². The van der Waals surface area contributed by atoms with Gasteiger partial charge in [0.25, 0.3) is 0 Å². The molecule has 3 nitrogen and oxygen atoms in total. The van der Waals surface area contributed by atoms with Crippen molar-refractivity contribution in [3.63, 3.8) is 0 Å². The number of aliphatic hydroxyl groups excluding tert-OH is 1. The number of benzene rings is 2. The zero-order valence-electron chi connectivity index (χ0n) is 10.3. The van der Waals surface area contributed by atoms with E-state index >= 15 is 0 Å². The highest BCUT2D eigenvalue weighted by Gasteiger charge is 2.12. The molecule has 0 aromatic heterocycles. The van der Waals surface area contributed by atoms with Gasteiger partial charge in [0, 0.05) is 5.56 Å². The van der Waals surface area contributed by atoms with E-state index in [0.717, 1.165) is 16.3 Å². The van der Waals surface area contributed by atoms with Crippen molar-refractivity contribution in [3.05, 3.63) is 42.0 Å². The molecule has 1 unspecified atom stereocenters. The molecule has 1 atom stereocenters. The molecule has 18 heavy (non-hydrogen) atoms. The molecule has 0 aliphatic carbocycles. The second kappa shape index (κ2) is 5.52. The Kier molecular flexibility index (Phi) is 3.81. The summed E-state index contributed by atoms with van der Waals surface area (Å²) in [4.78, 5) is 0. The molecule has 0 aliphatic heterocycles. The summed E-state index contributed by atoms with van der Waals surface area (Å²) in [6.07, 6.45) is 0.144. The third-order valence-electron chi connectivity index (χ3n) is 2.94. The lowest BCUT2D eigenvalue weighted by molar-refractivity contribution is 0.234. The second-order valence-electron chi connectivity index (χ2n) is 4.07. The highest BCUT2D eigenvalue weighted by atomic mass is 16.5. The molecular weight excluding hydrogens is 226 g/mol. The van der Waals surface area contributed by atoms with Gasteiger partial charge in [0.1, 0.15) is 11.8 Å². The standard InChI is InChI=1S/C15H15NO2/c1-2-12(9-16)18-15-8-7-11-5-3-4-6-13(11)14(15)10-17/h3-8,12,17H,2,10H2,1H3. The molecule has 92 valence electrons. The predicted molar refractivity (Wildman–Crippen MR) is 70.2 cm³/mol. The number of nitriles is 1. The van der Waals surface area contributed by atoms with E-state index in [1.54, 1.807) is 0 Å². The zero-order valence-corrected chi connectivity index (χ0v) is 10.3. The first-order valence-electron chi connectivity index (χ1n) is 5.98. The van der Waals surface area contributed by atoms with Crippen LogP contribution in [0.5, 0.6) is 5.75 Å². The number of ether oxygens (including phenoxy) is 1. The van der Waals surface area contributed by atoms with Crippen LogP contribution in [0.3, 0.4) is 0 Å². The van der Waals surface area contributed by atoms with Crippen molar-refractivity contribution in [2.75, 3.05) is 0 Å². The van der Waals surface area contributed by atoms with Crippen molar-refractivity contribution in [3.8, 4) is 11.8 Å². The summed E-state index contributed by atoms with van der Waals surface area (Å²) in [6, 6.07) is 13.7. The Balaban J connectivity index is 2.48. The molecule has 0 saturated heterocycles. The summed E-state index contributed by atoms with van der Waals surface area (Å²) in [6.45, 7) is 1.80. The Hall–Kier alpha value is -2.05.